The Morgan fingerprint density at radius 3 is 3.00 bits per heavy atom. The first kappa shape index (κ1) is 12.7. The number of hydrogen-bond acceptors (Lipinski definition) is 3. The lowest BCUT2D eigenvalue weighted by molar-refractivity contribution is 0.160. The summed E-state index contributed by atoms with van der Waals surface area (Å²) in [6.45, 7) is 4.76. The van der Waals surface area contributed by atoms with Crippen molar-refractivity contribution in [1.82, 2.24) is 5.32 Å². The molecule has 0 saturated heterocycles. The predicted octanol–water partition coefficient (Wildman–Crippen LogP) is 2.00. The summed E-state index contributed by atoms with van der Waals surface area (Å²) < 4.78 is 5.80. The van der Waals surface area contributed by atoms with Crippen molar-refractivity contribution in [2.24, 2.45) is 0 Å². The lowest BCUT2D eigenvalue weighted by atomic mass is 10.1. The van der Waals surface area contributed by atoms with E-state index >= 15 is 0 Å². The summed E-state index contributed by atoms with van der Waals surface area (Å²) in [5, 5.41) is 13.2. The summed E-state index contributed by atoms with van der Waals surface area (Å²) in [5.74, 6) is 0.919. The molecule has 1 aromatic rings. The minimum atomic E-state index is -0.268. The van der Waals surface area contributed by atoms with Crippen molar-refractivity contribution in [2.75, 3.05) is 13.2 Å². The molecule has 1 unspecified atom stereocenters. The van der Waals surface area contributed by atoms with Crippen LogP contribution in [-0.2, 0) is 6.42 Å². The molecule has 0 aliphatic carbocycles. The third kappa shape index (κ3) is 3.12. The summed E-state index contributed by atoms with van der Waals surface area (Å²) in [4.78, 5) is 0. The molecule has 1 aromatic carbocycles. The second-order valence-electron chi connectivity index (χ2n) is 5.12. The van der Waals surface area contributed by atoms with E-state index < -0.39 is 0 Å². The van der Waals surface area contributed by atoms with Gasteiger partial charge in [-0.3, -0.25) is 0 Å². The summed E-state index contributed by atoms with van der Waals surface area (Å²) in [6, 6.07) is 5.71. The van der Waals surface area contributed by atoms with Gasteiger partial charge in [0.1, 0.15) is 11.9 Å². The van der Waals surface area contributed by atoms with Crippen LogP contribution in [0.3, 0.4) is 0 Å². The van der Waals surface area contributed by atoms with Gasteiger partial charge in [-0.2, -0.15) is 0 Å². The lowest BCUT2D eigenvalue weighted by Gasteiger charge is -2.25. The number of benzene rings is 1. The van der Waals surface area contributed by atoms with E-state index in [2.05, 4.69) is 5.32 Å². The van der Waals surface area contributed by atoms with Gasteiger partial charge in [0.2, 0.25) is 0 Å². The van der Waals surface area contributed by atoms with Crippen LogP contribution in [0.15, 0.2) is 18.2 Å². The van der Waals surface area contributed by atoms with E-state index in [4.69, 9.17) is 21.4 Å². The monoisotopic (exact) mass is 255 g/mol. The molecule has 17 heavy (non-hydrogen) atoms. The maximum atomic E-state index is 9.16. The van der Waals surface area contributed by atoms with Crippen LogP contribution in [0.4, 0.5) is 0 Å². The van der Waals surface area contributed by atoms with E-state index in [0.29, 0.717) is 0 Å². The zero-order chi connectivity index (χ0) is 12.5. The van der Waals surface area contributed by atoms with Gasteiger partial charge in [0.05, 0.1) is 6.61 Å². The molecule has 0 saturated carbocycles. The summed E-state index contributed by atoms with van der Waals surface area (Å²) in [7, 11) is 0. The quantitative estimate of drug-likeness (QED) is 0.865. The zero-order valence-electron chi connectivity index (χ0n) is 10.2. The number of aliphatic hydroxyl groups excluding tert-OH is 1. The van der Waals surface area contributed by atoms with E-state index in [9.17, 15) is 0 Å². The van der Waals surface area contributed by atoms with Crippen molar-refractivity contribution in [3.63, 3.8) is 0 Å². The molecule has 2 N–H and O–H groups in total. The van der Waals surface area contributed by atoms with Gasteiger partial charge in [-0.15, -0.1) is 0 Å². The van der Waals surface area contributed by atoms with Crippen molar-refractivity contribution in [2.45, 2.75) is 31.9 Å². The molecule has 3 nitrogen and oxygen atoms in total. The number of ether oxygens (including phenoxy) is 1. The normalized spacial score (nSPS) is 18.9. The molecule has 0 amide bonds. The van der Waals surface area contributed by atoms with E-state index in [1.54, 1.807) is 0 Å². The maximum absolute atomic E-state index is 9.16. The number of nitrogens with one attached hydrogen (secondary N) is 1. The fourth-order valence-corrected chi connectivity index (χ4v) is 2.04. The first-order chi connectivity index (χ1) is 8.00. The van der Waals surface area contributed by atoms with Crippen LogP contribution >= 0.6 is 11.6 Å². The SMILES string of the molecule is CC(C)(CO)NCC1Cc2cc(Cl)ccc2O1. The van der Waals surface area contributed by atoms with Crippen LogP contribution in [0.25, 0.3) is 0 Å². The second kappa shape index (κ2) is 4.84. The van der Waals surface area contributed by atoms with Gasteiger partial charge in [-0.25, -0.2) is 0 Å². The second-order valence-corrected chi connectivity index (χ2v) is 5.56. The predicted molar refractivity (Wildman–Crippen MR) is 68.7 cm³/mol. The number of halogens is 1. The number of rotatable bonds is 4. The Labute approximate surface area is 107 Å². The van der Waals surface area contributed by atoms with E-state index in [0.717, 1.165) is 29.3 Å². The molecule has 1 aliphatic heterocycles. The molecule has 0 radical (unpaired) electrons. The number of hydrogen-bond donors (Lipinski definition) is 2. The highest BCUT2D eigenvalue weighted by Crippen LogP contribution is 2.30. The van der Waals surface area contributed by atoms with E-state index in [-0.39, 0.29) is 18.2 Å². The Morgan fingerprint density at radius 2 is 2.29 bits per heavy atom. The molecule has 1 aliphatic rings. The van der Waals surface area contributed by atoms with Crippen LogP contribution in [0, 0.1) is 0 Å². The van der Waals surface area contributed by atoms with Crippen LogP contribution < -0.4 is 10.1 Å². The van der Waals surface area contributed by atoms with Crippen LogP contribution in [0.1, 0.15) is 19.4 Å². The fourth-order valence-electron chi connectivity index (χ4n) is 1.85. The highest BCUT2D eigenvalue weighted by atomic mass is 35.5. The molecule has 0 bridgehead atoms. The third-order valence-electron chi connectivity index (χ3n) is 2.97. The van der Waals surface area contributed by atoms with Gasteiger partial charge in [-0.05, 0) is 37.6 Å². The zero-order valence-corrected chi connectivity index (χ0v) is 10.9. The van der Waals surface area contributed by atoms with Crippen molar-refractivity contribution < 1.29 is 9.84 Å². The van der Waals surface area contributed by atoms with Gasteiger partial charge in [-0.1, -0.05) is 11.6 Å². The Bertz CT molecular complexity index is 406. The minimum Gasteiger partial charge on any atom is -0.488 e. The Morgan fingerprint density at radius 1 is 1.53 bits per heavy atom. The molecular formula is C13H18ClNO2. The maximum Gasteiger partial charge on any atom is 0.123 e. The smallest absolute Gasteiger partial charge is 0.123 e. The van der Waals surface area contributed by atoms with Gasteiger partial charge in [0.25, 0.3) is 0 Å². The van der Waals surface area contributed by atoms with E-state index in [1.165, 1.54) is 0 Å². The highest BCUT2D eigenvalue weighted by Gasteiger charge is 2.25. The number of aliphatic hydroxyl groups is 1. The Hall–Kier alpha value is -0.770. The largest absolute Gasteiger partial charge is 0.488 e. The highest BCUT2D eigenvalue weighted by molar-refractivity contribution is 6.30. The fraction of sp³-hybridized carbons (Fsp3) is 0.538. The Balaban J connectivity index is 1.92. The van der Waals surface area contributed by atoms with Crippen LogP contribution in [-0.4, -0.2) is 29.9 Å². The summed E-state index contributed by atoms with van der Waals surface area (Å²) in [6.07, 6.45) is 0.985. The molecular weight excluding hydrogens is 238 g/mol. The molecule has 4 heteroatoms. The Kier molecular flexibility index (Phi) is 3.61. The van der Waals surface area contributed by atoms with Crippen molar-refractivity contribution in [3.8, 4) is 5.75 Å². The first-order valence-electron chi connectivity index (χ1n) is 5.81. The molecule has 0 fully saturated rings. The van der Waals surface area contributed by atoms with Crippen molar-refractivity contribution in [1.29, 1.82) is 0 Å². The molecule has 2 rings (SSSR count). The molecule has 0 aromatic heterocycles. The third-order valence-corrected chi connectivity index (χ3v) is 3.20. The molecule has 1 atom stereocenters. The van der Waals surface area contributed by atoms with Crippen LogP contribution in [0.2, 0.25) is 5.02 Å². The topological polar surface area (TPSA) is 41.5 Å². The summed E-state index contributed by atoms with van der Waals surface area (Å²) in [5.41, 5.74) is 0.890. The molecule has 0 spiro atoms. The van der Waals surface area contributed by atoms with Gasteiger partial charge in [0.15, 0.2) is 0 Å². The van der Waals surface area contributed by atoms with Crippen molar-refractivity contribution in [3.05, 3.63) is 28.8 Å². The molecule has 1 heterocycles. The average Bonchev–Trinajstić information content (AvgIpc) is 2.68. The van der Waals surface area contributed by atoms with Gasteiger partial charge in [0, 0.05) is 23.5 Å². The minimum absolute atomic E-state index is 0.110. The van der Waals surface area contributed by atoms with Crippen molar-refractivity contribution >= 4 is 11.6 Å². The lowest BCUT2D eigenvalue weighted by Crippen LogP contribution is -2.47. The molecule has 94 valence electrons. The van der Waals surface area contributed by atoms with Crippen LogP contribution in [0.5, 0.6) is 5.75 Å². The van der Waals surface area contributed by atoms with E-state index in [1.807, 2.05) is 32.0 Å². The van der Waals surface area contributed by atoms with Gasteiger partial charge < -0.3 is 15.2 Å². The average molecular weight is 256 g/mol. The summed E-state index contributed by atoms with van der Waals surface area (Å²) >= 11 is 5.94. The number of fused-ring (bicyclic) bond motifs is 1. The van der Waals surface area contributed by atoms with Gasteiger partial charge >= 0.3 is 0 Å². The first-order valence-corrected chi connectivity index (χ1v) is 6.19. The standard InChI is InChI=1S/C13H18ClNO2/c1-13(2,8-16)15-7-11-6-9-5-10(14)3-4-12(9)17-11/h3-5,11,15-16H,6-8H2,1-2H3.